The zero-order chi connectivity index (χ0) is 10.1. The number of ether oxygens (including phenoxy) is 1. The van der Waals surface area contributed by atoms with Crippen molar-refractivity contribution in [2.45, 2.75) is 38.5 Å². The Morgan fingerprint density at radius 1 is 1.29 bits per heavy atom. The Balaban J connectivity index is 2.34. The van der Waals surface area contributed by atoms with E-state index in [2.05, 4.69) is 32.0 Å². The van der Waals surface area contributed by atoms with Crippen LogP contribution in [-0.2, 0) is 0 Å². The van der Waals surface area contributed by atoms with Crippen LogP contribution in [0.25, 0.3) is 0 Å². The average Bonchev–Trinajstić information content (AvgIpc) is 3.00. The van der Waals surface area contributed by atoms with E-state index in [1.807, 2.05) is 0 Å². The fourth-order valence-electron chi connectivity index (χ4n) is 1.82. The molecule has 1 fully saturated rings. The number of methoxy groups -OCH3 is 1. The molecular formula is C13H18O. The molecule has 0 spiro atoms. The SMILES string of the molecule is COc1cc(C(C)C)ccc1C1CC1. The molecule has 14 heavy (non-hydrogen) atoms. The molecular weight excluding hydrogens is 172 g/mol. The van der Waals surface area contributed by atoms with Crippen LogP contribution < -0.4 is 4.74 Å². The van der Waals surface area contributed by atoms with Gasteiger partial charge in [0, 0.05) is 0 Å². The van der Waals surface area contributed by atoms with E-state index in [1.54, 1.807) is 7.11 Å². The summed E-state index contributed by atoms with van der Waals surface area (Å²) in [5.41, 5.74) is 2.77. The largest absolute Gasteiger partial charge is 0.496 e. The summed E-state index contributed by atoms with van der Waals surface area (Å²) >= 11 is 0. The van der Waals surface area contributed by atoms with E-state index >= 15 is 0 Å². The second-order valence-corrected chi connectivity index (χ2v) is 4.43. The first kappa shape index (κ1) is 9.57. The maximum atomic E-state index is 5.44. The molecule has 1 saturated carbocycles. The van der Waals surface area contributed by atoms with Crippen LogP contribution >= 0.6 is 0 Å². The summed E-state index contributed by atoms with van der Waals surface area (Å²) < 4.78 is 5.44. The monoisotopic (exact) mass is 190 g/mol. The van der Waals surface area contributed by atoms with Crippen molar-refractivity contribution >= 4 is 0 Å². The second-order valence-electron chi connectivity index (χ2n) is 4.43. The first-order chi connectivity index (χ1) is 6.72. The minimum Gasteiger partial charge on any atom is -0.496 e. The van der Waals surface area contributed by atoms with Crippen molar-refractivity contribution in [3.05, 3.63) is 29.3 Å². The lowest BCUT2D eigenvalue weighted by Crippen LogP contribution is -1.94. The van der Waals surface area contributed by atoms with Gasteiger partial charge in [-0.05, 0) is 41.9 Å². The van der Waals surface area contributed by atoms with Gasteiger partial charge in [-0.1, -0.05) is 26.0 Å². The fraction of sp³-hybridized carbons (Fsp3) is 0.538. The minimum absolute atomic E-state index is 0.581. The van der Waals surface area contributed by atoms with Gasteiger partial charge in [-0.25, -0.2) is 0 Å². The molecule has 0 bridgehead atoms. The Kier molecular flexibility index (Phi) is 2.49. The first-order valence-electron chi connectivity index (χ1n) is 5.40. The summed E-state index contributed by atoms with van der Waals surface area (Å²) in [6.07, 6.45) is 2.66. The number of benzene rings is 1. The number of hydrogen-bond donors (Lipinski definition) is 0. The fourth-order valence-corrected chi connectivity index (χ4v) is 1.82. The Hall–Kier alpha value is -0.980. The van der Waals surface area contributed by atoms with E-state index in [-0.39, 0.29) is 0 Å². The molecule has 0 saturated heterocycles. The van der Waals surface area contributed by atoms with Crippen molar-refractivity contribution in [1.82, 2.24) is 0 Å². The Labute approximate surface area is 86.1 Å². The molecule has 0 N–H and O–H groups in total. The number of hydrogen-bond acceptors (Lipinski definition) is 1. The van der Waals surface area contributed by atoms with Gasteiger partial charge in [0.15, 0.2) is 0 Å². The average molecular weight is 190 g/mol. The van der Waals surface area contributed by atoms with E-state index in [9.17, 15) is 0 Å². The molecule has 1 aromatic rings. The van der Waals surface area contributed by atoms with Gasteiger partial charge in [0.2, 0.25) is 0 Å². The number of rotatable bonds is 3. The van der Waals surface area contributed by atoms with Gasteiger partial charge in [-0.15, -0.1) is 0 Å². The lowest BCUT2D eigenvalue weighted by atomic mass is 9.99. The Morgan fingerprint density at radius 3 is 2.50 bits per heavy atom. The molecule has 1 nitrogen and oxygen atoms in total. The highest BCUT2D eigenvalue weighted by Crippen LogP contribution is 2.44. The lowest BCUT2D eigenvalue weighted by molar-refractivity contribution is 0.409. The van der Waals surface area contributed by atoms with Gasteiger partial charge in [0.25, 0.3) is 0 Å². The van der Waals surface area contributed by atoms with Gasteiger partial charge >= 0.3 is 0 Å². The zero-order valence-corrected chi connectivity index (χ0v) is 9.21. The normalized spacial score (nSPS) is 16.0. The summed E-state index contributed by atoms with van der Waals surface area (Å²) in [5, 5.41) is 0. The molecule has 0 radical (unpaired) electrons. The van der Waals surface area contributed by atoms with Crippen LogP contribution in [0.3, 0.4) is 0 Å². The van der Waals surface area contributed by atoms with E-state index < -0.39 is 0 Å². The van der Waals surface area contributed by atoms with E-state index in [0.29, 0.717) is 5.92 Å². The van der Waals surface area contributed by atoms with Crippen molar-refractivity contribution < 1.29 is 4.74 Å². The highest BCUT2D eigenvalue weighted by Gasteiger charge is 2.26. The van der Waals surface area contributed by atoms with E-state index in [0.717, 1.165) is 11.7 Å². The molecule has 0 heterocycles. The smallest absolute Gasteiger partial charge is 0.122 e. The van der Waals surface area contributed by atoms with Gasteiger partial charge < -0.3 is 4.74 Å². The summed E-state index contributed by atoms with van der Waals surface area (Å²) in [5.74, 6) is 2.43. The van der Waals surface area contributed by atoms with Crippen molar-refractivity contribution in [1.29, 1.82) is 0 Å². The maximum Gasteiger partial charge on any atom is 0.122 e. The third-order valence-electron chi connectivity index (χ3n) is 2.94. The van der Waals surface area contributed by atoms with Crippen LogP contribution in [0.4, 0.5) is 0 Å². The maximum absolute atomic E-state index is 5.44. The van der Waals surface area contributed by atoms with Gasteiger partial charge in [-0.2, -0.15) is 0 Å². The van der Waals surface area contributed by atoms with Crippen molar-refractivity contribution in [3.63, 3.8) is 0 Å². The molecule has 0 aliphatic heterocycles. The van der Waals surface area contributed by atoms with E-state index in [1.165, 1.54) is 24.0 Å². The predicted octanol–water partition coefficient (Wildman–Crippen LogP) is 3.70. The van der Waals surface area contributed by atoms with Crippen LogP contribution in [0.2, 0.25) is 0 Å². The molecule has 0 atom stereocenters. The minimum atomic E-state index is 0.581. The third kappa shape index (κ3) is 1.77. The van der Waals surface area contributed by atoms with Crippen molar-refractivity contribution in [2.75, 3.05) is 7.11 Å². The topological polar surface area (TPSA) is 9.23 Å². The van der Waals surface area contributed by atoms with Crippen LogP contribution in [-0.4, -0.2) is 7.11 Å². The molecule has 1 aromatic carbocycles. The highest BCUT2D eigenvalue weighted by molar-refractivity contribution is 5.42. The van der Waals surface area contributed by atoms with Crippen molar-refractivity contribution in [3.8, 4) is 5.75 Å². The predicted molar refractivity (Wildman–Crippen MR) is 59.1 cm³/mol. The summed E-state index contributed by atoms with van der Waals surface area (Å²) in [7, 11) is 1.77. The van der Waals surface area contributed by atoms with E-state index in [4.69, 9.17) is 4.74 Å². The molecule has 0 amide bonds. The second kappa shape index (κ2) is 3.64. The molecule has 1 aliphatic carbocycles. The first-order valence-corrected chi connectivity index (χ1v) is 5.40. The zero-order valence-electron chi connectivity index (χ0n) is 9.21. The quantitative estimate of drug-likeness (QED) is 0.706. The molecule has 2 rings (SSSR count). The Morgan fingerprint density at radius 2 is 2.00 bits per heavy atom. The highest BCUT2D eigenvalue weighted by atomic mass is 16.5. The van der Waals surface area contributed by atoms with Gasteiger partial charge in [0.05, 0.1) is 7.11 Å². The molecule has 1 heteroatoms. The lowest BCUT2D eigenvalue weighted by Gasteiger charge is -2.11. The Bertz CT molecular complexity index is 324. The molecule has 1 aliphatic rings. The molecule has 0 unspecified atom stereocenters. The van der Waals surface area contributed by atoms with Crippen LogP contribution in [0.15, 0.2) is 18.2 Å². The van der Waals surface area contributed by atoms with Crippen molar-refractivity contribution in [2.24, 2.45) is 0 Å². The molecule has 0 aromatic heterocycles. The van der Waals surface area contributed by atoms with Gasteiger partial charge in [0.1, 0.15) is 5.75 Å². The van der Waals surface area contributed by atoms with Gasteiger partial charge in [-0.3, -0.25) is 0 Å². The van der Waals surface area contributed by atoms with Crippen LogP contribution in [0, 0.1) is 0 Å². The standard InChI is InChI=1S/C13H18O/c1-9(2)11-6-7-12(10-4-5-10)13(8-11)14-3/h6-10H,4-5H2,1-3H3. The summed E-state index contributed by atoms with van der Waals surface area (Å²) in [4.78, 5) is 0. The summed E-state index contributed by atoms with van der Waals surface area (Å²) in [6.45, 7) is 4.43. The summed E-state index contributed by atoms with van der Waals surface area (Å²) in [6, 6.07) is 6.67. The molecule has 76 valence electrons. The van der Waals surface area contributed by atoms with Crippen LogP contribution in [0.5, 0.6) is 5.75 Å². The van der Waals surface area contributed by atoms with Crippen LogP contribution in [0.1, 0.15) is 49.7 Å². The third-order valence-corrected chi connectivity index (χ3v) is 2.94.